The number of aliphatic carboxylic acids is 1. The molecule has 110 valence electrons. The second kappa shape index (κ2) is 6.84. The molecule has 0 radical (unpaired) electrons. The lowest BCUT2D eigenvalue weighted by molar-refractivity contribution is -0.144. The van der Waals surface area contributed by atoms with Crippen LogP contribution < -0.4 is 5.32 Å². The minimum atomic E-state index is -0.685. The summed E-state index contributed by atoms with van der Waals surface area (Å²) in [4.78, 5) is 11.2. The molecular formula is C16H22FNO2. The molecule has 1 saturated carbocycles. The first-order valence-corrected chi connectivity index (χ1v) is 7.29. The summed E-state index contributed by atoms with van der Waals surface area (Å²) < 4.78 is 13.2. The van der Waals surface area contributed by atoms with Crippen molar-refractivity contribution in [3.8, 4) is 0 Å². The van der Waals surface area contributed by atoms with Gasteiger partial charge in [0.05, 0.1) is 5.92 Å². The molecule has 0 heterocycles. The number of rotatable bonds is 5. The molecule has 0 aromatic heterocycles. The lowest BCUT2D eigenvalue weighted by Gasteiger charge is -2.30. The average molecular weight is 279 g/mol. The van der Waals surface area contributed by atoms with Crippen molar-refractivity contribution in [1.29, 1.82) is 0 Å². The third kappa shape index (κ3) is 3.79. The van der Waals surface area contributed by atoms with Crippen LogP contribution in [0.25, 0.3) is 0 Å². The molecule has 2 rings (SSSR count). The number of hydrogen-bond donors (Lipinski definition) is 2. The summed E-state index contributed by atoms with van der Waals surface area (Å²) in [7, 11) is 0. The third-order valence-electron chi connectivity index (χ3n) is 4.26. The Morgan fingerprint density at radius 1 is 1.45 bits per heavy atom. The monoisotopic (exact) mass is 279 g/mol. The van der Waals surface area contributed by atoms with Crippen LogP contribution in [0.3, 0.4) is 0 Å². The molecule has 1 aliphatic rings. The highest BCUT2D eigenvalue weighted by molar-refractivity contribution is 5.70. The number of carbonyl (C=O) groups is 1. The van der Waals surface area contributed by atoms with E-state index in [0.29, 0.717) is 6.54 Å². The van der Waals surface area contributed by atoms with E-state index < -0.39 is 5.97 Å². The van der Waals surface area contributed by atoms with Crippen LogP contribution in [0.5, 0.6) is 0 Å². The van der Waals surface area contributed by atoms with Crippen molar-refractivity contribution in [2.45, 2.75) is 38.6 Å². The molecular weight excluding hydrogens is 257 g/mol. The summed E-state index contributed by atoms with van der Waals surface area (Å²) in [6.07, 6.45) is 3.84. The maximum Gasteiger partial charge on any atom is 0.306 e. The van der Waals surface area contributed by atoms with Crippen LogP contribution in [0.2, 0.25) is 0 Å². The lowest BCUT2D eigenvalue weighted by atomic mass is 9.79. The standard InChI is InChI=1S/C16H22FNO2/c1-11(12-6-4-7-14(17)9-12)18-10-13-5-2-3-8-15(13)16(19)20/h4,6-7,9,11,13,15,18H,2-3,5,8,10H2,1H3,(H,19,20). The fraction of sp³-hybridized carbons (Fsp3) is 0.562. The van der Waals surface area contributed by atoms with E-state index in [4.69, 9.17) is 0 Å². The van der Waals surface area contributed by atoms with Crippen LogP contribution in [0.1, 0.15) is 44.2 Å². The minimum absolute atomic E-state index is 0.0297. The molecule has 20 heavy (non-hydrogen) atoms. The number of nitrogens with one attached hydrogen (secondary N) is 1. The number of carboxylic acid groups (broad SMARTS) is 1. The number of carboxylic acids is 1. The first-order valence-electron chi connectivity index (χ1n) is 7.29. The van der Waals surface area contributed by atoms with Crippen LogP contribution in [-0.2, 0) is 4.79 Å². The molecule has 0 bridgehead atoms. The second-order valence-corrected chi connectivity index (χ2v) is 5.67. The Bertz CT molecular complexity index is 464. The van der Waals surface area contributed by atoms with Gasteiger partial charge < -0.3 is 10.4 Å². The lowest BCUT2D eigenvalue weighted by Crippen LogP contribution is -2.35. The van der Waals surface area contributed by atoms with Crippen molar-refractivity contribution in [3.63, 3.8) is 0 Å². The van der Waals surface area contributed by atoms with Crippen molar-refractivity contribution >= 4 is 5.97 Å². The molecule has 1 aromatic carbocycles. The van der Waals surface area contributed by atoms with Gasteiger partial charge in [0.25, 0.3) is 0 Å². The summed E-state index contributed by atoms with van der Waals surface area (Å²) in [6.45, 7) is 2.65. The van der Waals surface area contributed by atoms with Gasteiger partial charge in [-0.2, -0.15) is 0 Å². The normalized spacial score (nSPS) is 24.3. The average Bonchev–Trinajstić information content (AvgIpc) is 2.45. The van der Waals surface area contributed by atoms with E-state index in [1.54, 1.807) is 6.07 Å². The molecule has 1 aliphatic carbocycles. The first-order chi connectivity index (χ1) is 9.58. The zero-order valence-electron chi connectivity index (χ0n) is 11.8. The zero-order chi connectivity index (χ0) is 14.5. The van der Waals surface area contributed by atoms with E-state index >= 15 is 0 Å². The predicted octanol–water partition coefficient (Wildman–Crippen LogP) is 3.37. The van der Waals surface area contributed by atoms with E-state index in [1.807, 2.05) is 13.0 Å². The van der Waals surface area contributed by atoms with Gasteiger partial charge in [-0.25, -0.2) is 4.39 Å². The first kappa shape index (κ1) is 15.0. The van der Waals surface area contributed by atoms with Crippen LogP contribution in [0.4, 0.5) is 4.39 Å². The maximum atomic E-state index is 13.2. The van der Waals surface area contributed by atoms with Crippen LogP contribution in [-0.4, -0.2) is 17.6 Å². The molecule has 0 saturated heterocycles. The van der Waals surface area contributed by atoms with Gasteiger partial charge in [-0.05, 0) is 49.9 Å². The maximum absolute atomic E-state index is 13.2. The molecule has 3 nitrogen and oxygen atoms in total. The molecule has 3 atom stereocenters. The summed E-state index contributed by atoms with van der Waals surface area (Å²) in [5.74, 6) is -0.986. The highest BCUT2D eigenvalue weighted by Gasteiger charge is 2.30. The van der Waals surface area contributed by atoms with Gasteiger partial charge in [0.2, 0.25) is 0 Å². The van der Waals surface area contributed by atoms with E-state index in [1.165, 1.54) is 12.1 Å². The summed E-state index contributed by atoms with van der Waals surface area (Å²) in [5.41, 5.74) is 0.896. The van der Waals surface area contributed by atoms with Gasteiger partial charge >= 0.3 is 5.97 Å². The fourth-order valence-electron chi connectivity index (χ4n) is 3.00. The Kier molecular flexibility index (Phi) is 5.12. The zero-order valence-corrected chi connectivity index (χ0v) is 11.8. The van der Waals surface area contributed by atoms with Crippen molar-refractivity contribution < 1.29 is 14.3 Å². The van der Waals surface area contributed by atoms with E-state index in [0.717, 1.165) is 31.2 Å². The summed E-state index contributed by atoms with van der Waals surface area (Å²) >= 11 is 0. The van der Waals surface area contributed by atoms with Gasteiger partial charge in [-0.1, -0.05) is 25.0 Å². The van der Waals surface area contributed by atoms with Gasteiger partial charge in [-0.15, -0.1) is 0 Å². The number of halogens is 1. The van der Waals surface area contributed by atoms with Crippen LogP contribution in [0.15, 0.2) is 24.3 Å². The second-order valence-electron chi connectivity index (χ2n) is 5.67. The molecule has 3 unspecified atom stereocenters. The Balaban J connectivity index is 1.91. The minimum Gasteiger partial charge on any atom is -0.481 e. The topological polar surface area (TPSA) is 49.3 Å². The Labute approximate surface area is 119 Å². The van der Waals surface area contributed by atoms with Gasteiger partial charge in [0.15, 0.2) is 0 Å². The van der Waals surface area contributed by atoms with Gasteiger partial charge in [0.1, 0.15) is 5.82 Å². The van der Waals surface area contributed by atoms with Crippen molar-refractivity contribution in [2.75, 3.05) is 6.54 Å². The number of benzene rings is 1. The largest absolute Gasteiger partial charge is 0.481 e. The predicted molar refractivity (Wildman–Crippen MR) is 75.9 cm³/mol. The van der Waals surface area contributed by atoms with Crippen molar-refractivity contribution in [2.24, 2.45) is 11.8 Å². The molecule has 1 fully saturated rings. The molecule has 0 amide bonds. The highest BCUT2D eigenvalue weighted by atomic mass is 19.1. The molecule has 2 N–H and O–H groups in total. The van der Waals surface area contributed by atoms with Crippen molar-refractivity contribution in [1.82, 2.24) is 5.32 Å². The highest BCUT2D eigenvalue weighted by Crippen LogP contribution is 2.30. The van der Waals surface area contributed by atoms with E-state index in [2.05, 4.69) is 5.32 Å². The van der Waals surface area contributed by atoms with Crippen LogP contribution in [0, 0.1) is 17.7 Å². The van der Waals surface area contributed by atoms with Crippen molar-refractivity contribution in [3.05, 3.63) is 35.6 Å². The SMILES string of the molecule is CC(NCC1CCCCC1C(=O)O)c1cccc(F)c1. The Morgan fingerprint density at radius 3 is 2.90 bits per heavy atom. The third-order valence-corrected chi connectivity index (χ3v) is 4.26. The molecule has 4 heteroatoms. The van der Waals surface area contributed by atoms with E-state index in [9.17, 15) is 14.3 Å². The molecule has 0 aliphatic heterocycles. The number of hydrogen-bond acceptors (Lipinski definition) is 2. The Morgan fingerprint density at radius 2 is 2.20 bits per heavy atom. The fourth-order valence-corrected chi connectivity index (χ4v) is 3.00. The van der Waals surface area contributed by atoms with Gasteiger partial charge in [0, 0.05) is 6.04 Å². The van der Waals surface area contributed by atoms with E-state index in [-0.39, 0.29) is 23.7 Å². The molecule has 0 spiro atoms. The summed E-state index contributed by atoms with van der Waals surface area (Å²) in [6, 6.07) is 6.56. The molecule has 1 aromatic rings. The smallest absolute Gasteiger partial charge is 0.306 e. The van der Waals surface area contributed by atoms with Gasteiger partial charge in [-0.3, -0.25) is 4.79 Å². The Hall–Kier alpha value is -1.42. The summed E-state index contributed by atoms with van der Waals surface area (Å²) in [5, 5.41) is 12.6. The quantitative estimate of drug-likeness (QED) is 0.869. The van der Waals surface area contributed by atoms with Crippen LogP contribution >= 0.6 is 0 Å².